The molecule has 0 aliphatic carbocycles. The van der Waals surface area contributed by atoms with Gasteiger partial charge in [0, 0.05) is 25.0 Å². The number of aryl methyl sites for hydroxylation is 1. The van der Waals surface area contributed by atoms with Gasteiger partial charge in [-0.25, -0.2) is 13.8 Å². The third-order valence-corrected chi connectivity index (χ3v) is 4.17. The highest BCUT2D eigenvalue weighted by Crippen LogP contribution is 2.22. The minimum Gasteiger partial charge on any atom is -0.343 e. The summed E-state index contributed by atoms with van der Waals surface area (Å²) in [5.74, 6) is -2.03. The van der Waals surface area contributed by atoms with Crippen LogP contribution < -0.4 is 10.6 Å². The molecular formula is C20H18F2N4O2. The van der Waals surface area contributed by atoms with Crippen LogP contribution >= 0.6 is 0 Å². The van der Waals surface area contributed by atoms with Crippen LogP contribution in [0.5, 0.6) is 0 Å². The number of carbonyl (C=O) groups excluding carboxylic acids is 2. The van der Waals surface area contributed by atoms with Gasteiger partial charge >= 0.3 is 0 Å². The van der Waals surface area contributed by atoms with Crippen molar-refractivity contribution in [2.45, 2.75) is 6.04 Å². The van der Waals surface area contributed by atoms with Gasteiger partial charge in [-0.2, -0.15) is 0 Å². The van der Waals surface area contributed by atoms with E-state index in [1.807, 2.05) is 0 Å². The van der Waals surface area contributed by atoms with Crippen LogP contribution in [0.15, 0.2) is 60.9 Å². The molecule has 0 spiro atoms. The molecule has 0 aliphatic heterocycles. The van der Waals surface area contributed by atoms with E-state index < -0.39 is 36.0 Å². The summed E-state index contributed by atoms with van der Waals surface area (Å²) in [5, 5.41) is 5.03. The smallest absolute Gasteiger partial charge is 0.254 e. The lowest BCUT2D eigenvalue weighted by Crippen LogP contribution is -2.40. The molecule has 1 unspecified atom stereocenters. The van der Waals surface area contributed by atoms with E-state index in [4.69, 9.17) is 0 Å². The summed E-state index contributed by atoms with van der Waals surface area (Å²) in [6, 6.07) is 10.6. The zero-order valence-electron chi connectivity index (χ0n) is 15.0. The summed E-state index contributed by atoms with van der Waals surface area (Å²) in [6.07, 6.45) is 3.21. The molecule has 0 radical (unpaired) electrons. The number of carbonyl (C=O) groups is 2. The van der Waals surface area contributed by atoms with Crippen LogP contribution in [0.25, 0.3) is 0 Å². The molecule has 0 bridgehead atoms. The fraction of sp³-hybridized carbons (Fsp3) is 0.150. The van der Waals surface area contributed by atoms with Gasteiger partial charge in [0.05, 0.1) is 12.1 Å². The van der Waals surface area contributed by atoms with Gasteiger partial charge in [-0.15, -0.1) is 0 Å². The summed E-state index contributed by atoms with van der Waals surface area (Å²) in [7, 11) is 1.72. The molecule has 2 N–H and O–H groups in total. The second-order valence-corrected chi connectivity index (χ2v) is 6.08. The van der Waals surface area contributed by atoms with Gasteiger partial charge in [-0.05, 0) is 18.2 Å². The molecular weight excluding hydrogens is 366 g/mol. The molecule has 6 nitrogen and oxygen atoms in total. The van der Waals surface area contributed by atoms with Crippen molar-refractivity contribution in [2.24, 2.45) is 7.05 Å². The largest absolute Gasteiger partial charge is 0.343 e. The highest BCUT2D eigenvalue weighted by molar-refractivity contribution is 5.96. The second-order valence-electron chi connectivity index (χ2n) is 6.08. The highest BCUT2D eigenvalue weighted by atomic mass is 19.1. The number of halogens is 2. The third kappa shape index (κ3) is 4.22. The lowest BCUT2D eigenvalue weighted by Gasteiger charge is -2.20. The van der Waals surface area contributed by atoms with E-state index in [1.54, 1.807) is 36.0 Å². The standard InChI is InChI=1S/C20H18F2N4O2/c1-26-11-10-23-19(26)18(13-6-2-4-8-15(13)21)25-17(27)12-24-20(28)14-7-3-5-9-16(14)22/h2-11,18H,12H2,1H3,(H,24,28)(H,25,27). The van der Waals surface area contributed by atoms with Crippen molar-refractivity contribution in [3.05, 3.63) is 89.5 Å². The Balaban J connectivity index is 1.74. The Morgan fingerprint density at radius 1 is 1.07 bits per heavy atom. The van der Waals surface area contributed by atoms with Gasteiger partial charge in [0.25, 0.3) is 5.91 Å². The minimum atomic E-state index is -0.848. The lowest BCUT2D eigenvalue weighted by atomic mass is 10.1. The molecule has 0 saturated heterocycles. The summed E-state index contributed by atoms with van der Waals surface area (Å²) in [5.41, 5.74) is 0.0793. The third-order valence-electron chi connectivity index (χ3n) is 4.17. The summed E-state index contributed by atoms with van der Waals surface area (Å²) in [4.78, 5) is 28.6. The summed E-state index contributed by atoms with van der Waals surface area (Å²) >= 11 is 0. The molecule has 8 heteroatoms. The number of benzene rings is 2. The first kappa shape index (κ1) is 19.2. The Bertz CT molecular complexity index is 1000. The minimum absolute atomic E-state index is 0.162. The first-order chi connectivity index (χ1) is 13.5. The van der Waals surface area contributed by atoms with Gasteiger partial charge in [-0.3, -0.25) is 9.59 Å². The topological polar surface area (TPSA) is 76.0 Å². The van der Waals surface area contributed by atoms with Crippen LogP contribution in [-0.4, -0.2) is 27.9 Å². The van der Waals surface area contributed by atoms with Crippen molar-refractivity contribution in [3.8, 4) is 0 Å². The van der Waals surface area contributed by atoms with E-state index >= 15 is 0 Å². The average molecular weight is 384 g/mol. The zero-order valence-corrected chi connectivity index (χ0v) is 15.0. The highest BCUT2D eigenvalue weighted by Gasteiger charge is 2.23. The van der Waals surface area contributed by atoms with Gasteiger partial charge in [-0.1, -0.05) is 30.3 Å². The van der Waals surface area contributed by atoms with Crippen molar-refractivity contribution in [2.75, 3.05) is 6.54 Å². The number of imidazole rings is 1. The lowest BCUT2D eigenvalue weighted by molar-refractivity contribution is -0.120. The SMILES string of the molecule is Cn1ccnc1C(NC(=O)CNC(=O)c1ccccc1F)c1ccccc1F. The van der Waals surface area contributed by atoms with E-state index in [1.165, 1.54) is 30.5 Å². The molecule has 28 heavy (non-hydrogen) atoms. The maximum absolute atomic E-state index is 14.3. The number of nitrogens with one attached hydrogen (secondary N) is 2. The summed E-state index contributed by atoms with van der Waals surface area (Å²) < 4.78 is 29.6. The molecule has 2 amide bonds. The van der Waals surface area contributed by atoms with Crippen LogP contribution in [0, 0.1) is 11.6 Å². The number of rotatable bonds is 6. The van der Waals surface area contributed by atoms with E-state index in [0.717, 1.165) is 6.07 Å². The number of hydrogen-bond donors (Lipinski definition) is 2. The van der Waals surface area contributed by atoms with Gasteiger partial charge in [0.15, 0.2) is 0 Å². The molecule has 2 aromatic carbocycles. The molecule has 0 saturated carbocycles. The van der Waals surface area contributed by atoms with Crippen LogP contribution in [0.4, 0.5) is 8.78 Å². The average Bonchev–Trinajstić information content (AvgIpc) is 3.11. The second kappa shape index (κ2) is 8.43. The Labute approximate surface area is 160 Å². The van der Waals surface area contributed by atoms with Crippen LogP contribution in [0.3, 0.4) is 0 Å². The maximum atomic E-state index is 14.3. The molecule has 1 aromatic heterocycles. The number of hydrogen-bond acceptors (Lipinski definition) is 3. The van der Waals surface area contributed by atoms with E-state index in [0.29, 0.717) is 5.82 Å². The monoisotopic (exact) mass is 384 g/mol. The van der Waals surface area contributed by atoms with Crippen molar-refractivity contribution in [1.29, 1.82) is 0 Å². The molecule has 1 atom stereocenters. The van der Waals surface area contributed by atoms with Crippen molar-refractivity contribution in [3.63, 3.8) is 0 Å². The van der Waals surface area contributed by atoms with Crippen molar-refractivity contribution >= 4 is 11.8 Å². The van der Waals surface area contributed by atoms with Crippen LogP contribution in [-0.2, 0) is 11.8 Å². The molecule has 3 aromatic rings. The van der Waals surface area contributed by atoms with Crippen LogP contribution in [0.2, 0.25) is 0 Å². The number of nitrogens with zero attached hydrogens (tertiary/aromatic N) is 2. The first-order valence-electron chi connectivity index (χ1n) is 8.51. The Kier molecular flexibility index (Phi) is 5.78. The predicted molar refractivity (Wildman–Crippen MR) is 98.3 cm³/mol. The van der Waals surface area contributed by atoms with E-state index in [2.05, 4.69) is 15.6 Å². The van der Waals surface area contributed by atoms with Crippen LogP contribution in [0.1, 0.15) is 27.8 Å². The fourth-order valence-corrected chi connectivity index (χ4v) is 2.76. The van der Waals surface area contributed by atoms with Crippen molar-refractivity contribution < 1.29 is 18.4 Å². The van der Waals surface area contributed by atoms with Gasteiger partial charge < -0.3 is 15.2 Å². The van der Waals surface area contributed by atoms with E-state index in [-0.39, 0.29) is 11.1 Å². The number of amides is 2. The quantitative estimate of drug-likeness (QED) is 0.685. The zero-order chi connectivity index (χ0) is 20.1. The molecule has 3 rings (SSSR count). The Morgan fingerprint density at radius 3 is 2.39 bits per heavy atom. The summed E-state index contributed by atoms with van der Waals surface area (Å²) in [6.45, 7) is -0.400. The normalized spacial score (nSPS) is 11.7. The maximum Gasteiger partial charge on any atom is 0.254 e. The molecule has 0 aliphatic rings. The van der Waals surface area contributed by atoms with E-state index in [9.17, 15) is 18.4 Å². The fourth-order valence-electron chi connectivity index (χ4n) is 2.76. The molecule has 144 valence electrons. The first-order valence-corrected chi connectivity index (χ1v) is 8.51. The molecule has 1 heterocycles. The van der Waals surface area contributed by atoms with Gasteiger partial charge in [0.2, 0.25) is 5.91 Å². The molecule has 0 fully saturated rings. The Hall–Kier alpha value is -3.55. The van der Waals surface area contributed by atoms with Crippen molar-refractivity contribution in [1.82, 2.24) is 20.2 Å². The number of aromatic nitrogens is 2. The Morgan fingerprint density at radius 2 is 1.75 bits per heavy atom. The van der Waals surface area contributed by atoms with Gasteiger partial charge in [0.1, 0.15) is 23.5 Å². The predicted octanol–water partition coefficient (Wildman–Crippen LogP) is 2.33.